The molecule has 110 valence electrons. The molecule has 0 aliphatic carbocycles. The molecule has 1 aromatic rings. The van der Waals surface area contributed by atoms with Crippen molar-refractivity contribution >= 4 is 0 Å². The highest BCUT2D eigenvalue weighted by atomic mass is 16.5. The van der Waals surface area contributed by atoms with E-state index in [9.17, 15) is 5.26 Å². The molecular weight excluding hydrogens is 248 g/mol. The molecular formula is C17H26N2O. The van der Waals surface area contributed by atoms with Gasteiger partial charge in [-0.15, -0.1) is 0 Å². The van der Waals surface area contributed by atoms with Gasteiger partial charge in [0.25, 0.3) is 0 Å². The Labute approximate surface area is 123 Å². The summed E-state index contributed by atoms with van der Waals surface area (Å²) >= 11 is 0. The summed E-state index contributed by atoms with van der Waals surface area (Å²) in [6.07, 6.45) is 2.69. The lowest BCUT2D eigenvalue weighted by molar-refractivity contribution is 0.280. The van der Waals surface area contributed by atoms with E-state index in [1.165, 1.54) is 5.56 Å². The molecule has 0 aliphatic heterocycles. The van der Waals surface area contributed by atoms with Crippen LogP contribution in [0.25, 0.3) is 0 Å². The molecule has 1 aromatic carbocycles. The van der Waals surface area contributed by atoms with Crippen LogP contribution >= 0.6 is 0 Å². The van der Waals surface area contributed by atoms with Crippen LogP contribution in [0.1, 0.15) is 46.1 Å². The molecule has 3 nitrogen and oxygen atoms in total. The van der Waals surface area contributed by atoms with E-state index in [4.69, 9.17) is 4.74 Å². The zero-order chi connectivity index (χ0) is 15.0. The number of hydrogen-bond donors (Lipinski definition) is 1. The highest BCUT2D eigenvalue weighted by Gasteiger charge is 2.23. The van der Waals surface area contributed by atoms with Crippen molar-refractivity contribution in [1.82, 2.24) is 5.32 Å². The van der Waals surface area contributed by atoms with Gasteiger partial charge in [-0.05, 0) is 57.7 Å². The molecule has 0 saturated heterocycles. The average molecular weight is 274 g/mol. The minimum atomic E-state index is -0.469. The Morgan fingerprint density at radius 3 is 2.45 bits per heavy atom. The van der Waals surface area contributed by atoms with Crippen molar-refractivity contribution < 1.29 is 4.74 Å². The number of nitriles is 1. The summed E-state index contributed by atoms with van der Waals surface area (Å²) in [5.74, 6) is 0.901. The van der Waals surface area contributed by atoms with Gasteiger partial charge in [0.15, 0.2) is 0 Å². The average Bonchev–Trinajstić information content (AvgIpc) is 2.43. The first-order valence-corrected chi connectivity index (χ1v) is 7.40. The lowest BCUT2D eigenvalue weighted by atomic mass is 9.97. The number of aryl methyl sites for hydroxylation is 1. The van der Waals surface area contributed by atoms with Crippen LogP contribution in [0, 0.1) is 11.3 Å². The van der Waals surface area contributed by atoms with E-state index in [2.05, 4.69) is 44.3 Å². The van der Waals surface area contributed by atoms with Crippen molar-refractivity contribution in [2.45, 2.75) is 58.5 Å². The number of nitrogens with zero attached hydrogens (tertiary/aromatic N) is 1. The summed E-state index contributed by atoms with van der Waals surface area (Å²) in [6, 6.07) is 10.9. The lowest BCUT2D eigenvalue weighted by Crippen LogP contribution is -2.45. The third kappa shape index (κ3) is 5.63. The van der Waals surface area contributed by atoms with Gasteiger partial charge >= 0.3 is 0 Å². The molecule has 3 heteroatoms. The molecule has 0 fully saturated rings. The van der Waals surface area contributed by atoms with Gasteiger partial charge in [-0.1, -0.05) is 19.1 Å². The van der Waals surface area contributed by atoms with Crippen molar-refractivity contribution in [1.29, 1.82) is 5.26 Å². The van der Waals surface area contributed by atoms with Gasteiger partial charge in [-0.3, -0.25) is 5.32 Å². The van der Waals surface area contributed by atoms with E-state index < -0.39 is 5.54 Å². The van der Waals surface area contributed by atoms with Gasteiger partial charge in [-0.2, -0.15) is 5.26 Å². The van der Waals surface area contributed by atoms with Crippen LogP contribution in [0.2, 0.25) is 0 Å². The molecule has 0 bridgehead atoms. The molecule has 1 atom stereocenters. The Kier molecular flexibility index (Phi) is 6.54. The molecule has 0 aromatic heterocycles. The van der Waals surface area contributed by atoms with Crippen molar-refractivity contribution in [2.24, 2.45) is 0 Å². The fraction of sp³-hybridized carbons (Fsp3) is 0.588. The second-order valence-corrected chi connectivity index (χ2v) is 5.69. The lowest BCUT2D eigenvalue weighted by Gasteiger charge is -2.25. The maximum atomic E-state index is 9.25. The van der Waals surface area contributed by atoms with Crippen LogP contribution in [0.15, 0.2) is 24.3 Å². The van der Waals surface area contributed by atoms with Crippen molar-refractivity contribution in [3.05, 3.63) is 29.8 Å². The number of hydrogen-bond acceptors (Lipinski definition) is 3. The summed E-state index contributed by atoms with van der Waals surface area (Å²) in [6.45, 7) is 8.84. The Hall–Kier alpha value is -1.53. The topological polar surface area (TPSA) is 45.0 Å². The van der Waals surface area contributed by atoms with Crippen LogP contribution in [-0.4, -0.2) is 18.2 Å². The van der Waals surface area contributed by atoms with E-state index in [0.717, 1.165) is 25.0 Å². The molecule has 0 spiro atoms. The third-order valence-corrected chi connectivity index (χ3v) is 3.28. The first-order chi connectivity index (χ1) is 9.49. The summed E-state index contributed by atoms with van der Waals surface area (Å²) < 4.78 is 5.71. The second kappa shape index (κ2) is 7.91. The fourth-order valence-corrected chi connectivity index (χ4v) is 2.23. The zero-order valence-electron chi connectivity index (χ0n) is 13.1. The molecule has 1 N–H and O–H groups in total. The molecule has 0 radical (unpaired) electrons. The number of ether oxygens (including phenoxy) is 1. The van der Waals surface area contributed by atoms with E-state index in [0.29, 0.717) is 12.6 Å². The van der Waals surface area contributed by atoms with E-state index in [1.807, 2.05) is 19.1 Å². The smallest absolute Gasteiger partial charge is 0.119 e. The molecule has 1 unspecified atom stereocenters. The summed E-state index contributed by atoms with van der Waals surface area (Å²) in [7, 11) is 0. The molecule has 0 amide bonds. The maximum Gasteiger partial charge on any atom is 0.119 e. The highest BCUT2D eigenvalue weighted by Crippen LogP contribution is 2.15. The Morgan fingerprint density at radius 1 is 1.30 bits per heavy atom. The monoisotopic (exact) mass is 274 g/mol. The van der Waals surface area contributed by atoms with Crippen LogP contribution in [0.3, 0.4) is 0 Å². The summed E-state index contributed by atoms with van der Waals surface area (Å²) in [5.41, 5.74) is 0.847. The first kappa shape index (κ1) is 16.5. The van der Waals surface area contributed by atoms with Gasteiger partial charge in [-0.25, -0.2) is 0 Å². The Bertz CT molecular complexity index is 433. The van der Waals surface area contributed by atoms with Crippen LogP contribution < -0.4 is 10.1 Å². The maximum absolute atomic E-state index is 9.25. The molecule has 0 heterocycles. The van der Waals surface area contributed by atoms with E-state index in [1.54, 1.807) is 0 Å². The van der Waals surface area contributed by atoms with Crippen LogP contribution in [-0.2, 0) is 6.42 Å². The zero-order valence-corrected chi connectivity index (χ0v) is 13.1. The highest BCUT2D eigenvalue weighted by molar-refractivity contribution is 5.27. The van der Waals surface area contributed by atoms with Crippen LogP contribution in [0.4, 0.5) is 0 Å². The number of nitrogens with one attached hydrogen (secondary N) is 1. The van der Waals surface area contributed by atoms with Gasteiger partial charge < -0.3 is 4.74 Å². The normalized spacial score (nSPS) is 13.8. The predicted molar refractivity (Wildman–Crippen MR) is 82.8 cm³/mol. The van der Waals surface area contributed by atoms with Gasteiger partial charge in [0, 0.05) is 6.04 Å². The largest absolute Gasteiger partial charge is 0.494 e. The molecule has 0 saturated carbocycles. The summed E-state index contributed by atoms with van der Waals surface area (Å²) in [5, 5.41) is 12.6. The van der Waals surface area contributed by atoms with Crippen LogP contribution in [0.5, 0.6) is 5.75 Å². The Balaban J connectivity index is 2.35. The minimum Gasteiger partial charge on any atom is -0.494 e. The van der Waals surface area contributed by atoms with Crippen molar-refractivity contribution in [3.63, 3.8) is 0 Å². The standard InChI is InChI=1S/C17H26N2O/c1-5-15-7-9-16(10-8-15)20-12-6-11-17(4,13-18)19-14(2)3/h7-10,14,19H,5-6,11-12H2,1-4H3. The van der Waals surface area contributed by atoms with E-state index >= 15 is 0 Å². The van der Waals surface area contributed by atoms with E-state index in [-0.39, 0.29) is 0 Å². The van der Waals surface area contributed by atoms with Gasteiger partial charge in [0.2, 0.25) is 0 Å². The van der Waals surface area contributed by atoms with Gasteiger partial charge in [0.1, 0.15) is 11.3 Å². The third-order valence-electron chi connectivity index (χ3n) is 3.28. The van der Waals surface area contributed by atoms with Crippen molar-refractivity contribution in [3.8, 4) is 11.8 Å². The SMILES string of the molecule is CCc1ccc(OCCCC(C)(C#N)NC(C)C)cc1. The molecule has 1 rings (SSSR count). The minimum absolute atomic E-state index is 0.308. The second-order valence-electron chi connectivity index (χ2n) is 5.69. The molecule has 0 aliphatic rings. The predicted octanol–water partition coefficient (Wildman–Crippen LogP) is 3.69. The van der Waals surface area contributed by atoms with Gasteiger partial charge in [0.05, 0.1) is 12.7 Å². The summed E-state index contributed by atoms with van der Waals surface area (Å²) in [4.78, 5) is 0. The fourth-order valence-electron chi connectivity index (χ4n) is 2.23. The van der Waals surface area contributed by atoms with Crippen molar-refractivity contribution in [2.75, 3.05) is 6.61 Å². The number of benzene rings is 1. The number of rotatable bonds is 8. The quantitative estimate of drug-likeness (QED) is 0.735. The first-order valence-electron chi connectivity index (χ1n) is 7.40. The molecule has 20 heavy (non-hydrogen) atoms. The Morgan fingerprint density at radius 2 is 1.95 bits per heavy atom.